The maximum atomic E-state index is 14.2. The number of benzene rings is 3. The van der Waals surface area contributed by atoms with Crippen LogP contribution in [0.5, 0.6) is 0 Å². The molecule has 0 unspecified atom stereocenters. The van der Waals surface area contributed by atoms with E-state index in [2.05, 4.69) is 61.8 Å². The number of carbonyl (C=O) groups excluding carboxylic acids is 1. The lowest BCUT2D eigenvalue weighted by molar-refractivity contribution is -0.134. The summed E-state index contributed by atoms with van der Waals surface area (Å²) in [5, 5.41) is 14.2. The molecule has 2 fully saturated rings. The molecule has 1 aromatic heterocycles. The van der Waals surface area contributed by atoms with Crippen LogP contribution in [-0.2, 0) is 24.3 Å². The van der Waals surface area contributed by atoms with Crippen LogP contribution in [0.15, 0.2) is 66.9 Å². The monoisotopic (exact) mass is 539 g/mol. The lowest BCUT2D eigenvalue weighted by Crippen LogP contribution is -2.57. The number of nitrogens with zero attached hydrogens (tertiary/aromatic N) is 6. The molecule has 0 radical (unpaired) electrons. The molecule has 7 rings (SSSR count). The smallest absolute Gasteiger partial charge is 0.250 e. The summed E-state index contributed by atoms with van der Waals surface area (Å²) >= 11 is 0. The second kappa shape index (κ2) is 9.98. The Morgan fingerprint density at radius 2 is 1.80 bits per heavy atom. The van der Waals surface area contributed by atoms with Gasteiger partial charge in [-0.1, -0.05) is 41.6 Å². The van der Waals surface area contributed by atoms with Gasteiger partial charge in [-0.3, -0.25) is 14.4 Å². The van der Waals surface area contributed by atoms with Crippen molar-refractivity contribution in [3.05, 3.63) is 89.5 Å². The van der Waals surface area contributed by atoms with Gasteiger partial charge in [0.25, 0.3) is 0 Å². The number of halogens is 1. The van der Waals surface area contributed by atoms with E-state index in [-0.39, 0.29) is 11.7 Å². The van der Waals surface area contributed by atoms with E-state index >= 15 is 0 Å². The van der Waals surface area contributed by atoms with Crippen LogP contribution in [0.2, 0.25) is 0 Å². The molecule has 0 saturated carbocycles. The fraction of sp³-hybridized carbons (Fsp3) is 0.387. The molecule has 2 aliphatic heterocycles. The zero-order chi connectivity index (χ0) is 27.3. The molecule has 206 valence electrons. The maximum Gasteiger partial charge on any atom is 0.250 e. The van der Waals surface area contributed by atoms with Crippen LogP contribution in [0.25, 0.3) is 10.8 Å². The molecule has 4 aromatic rings. The number of carbonyl (C=O) groups is 1. The van der Waals surface area contributed by atoms with Gasteiger partial charge in [-0.25, -0.2) is 4.39 Å². The molecule has 8 nitrogen and oxygen atoms in total. The first-order valence-corrected chi connectivity index (χ1v) is 14.2. The van der Waals surface area contributed by atoms with Crippen molar-refractivity contribution in [1.29, 1.82) is 0 Å². The Labute approximate surface area is 233 Å². The van der Waals surface area contributed by atoms with Gasteiger partial charge >= 0.3 is 0 Å². The molecular formula is C31H34FN7O. The van der Waals surface area contributed by atoms with E-state index in [9.17, 15) is 9.18 Å². The van der Waals surface area contributed by atoms with Crippen molar-refractivity contribution in [1.82, 2.24) is 30.1 Å². The SMILES string of the molecule is CNCc1cn(CCN2CN(c3ccc(F)cc3)C3(CCN([C@@H]4Cc5cccc6cccc4c56)CC3)C2=O)nn1. The summed E-state index contributed by atoms with van der Waals surface area (Å²) in [5.41, 5.74) is 3.95. The molecule has 1 aliphatic carbocycles. The quantitative estimate of drug-likeness (QED) is 0.386. The Morgan fingerprint density at radius 3 is 2.58 bits per heavy atom. The number of hydrogen-bond acceptors (Lipinski definition) is 6. The van der Waals surface area contributed by atoms with Crippen molar-refractivity contribution < 1.29 is 9.18 Å². The first-order chi connectivity index (χ1) is 19.6. The normalized spacial score (nSPS) is 20.4. The molecular weight excluding hydrogens is 505 g/mol. The average molecular weight is 540 g/mol. The first-order valence-electron chi connectivity index (χ1n) is 14.2. The summed E-state index contributed by atoms with van der Waals surface area (Å²) in [6.07, 6.45) is 4.40. The number of piperidine rings is 1. The van der Waals surface area contributed by atoms with Gasteiger partial charge in [0.05, 0.1) is 18.9 Å². The summed E-state index contributed by atoms with van der Waals surface area (Å²) in [7, 11) is 1.88. The molecule has 1 N–H and O–H groups in total. The zero-order valence-corrected chi connectivity index (χ0v) is 22.8. The average Bonchev–Trinajstić information content (AvgIpc) is 3.66. The van der Waals surface area contributed by atoms with Gasteiger partial charge in [0.2, 0.25) is 5.91 Å². The van der Waals surface area contributed by atoms with E-state index in [0.717, 1.165) is 43.7 Å². The van der Waals surface area contributed by atoms with Crippen molar-refractivity contribution in [2.75, 3.05) is 38.3 Å². The first kappa shape index (κ1) is 25.2. The Balaban J connectivity index is 1.12. The van der Waals surface area contributed by atoms with Crippen LogP contribution < -0.4 is 10.2 Å². The fourth-order valence-electron chi connectivity index (χ4n) is 7.07. The summed E-state index contributed by atoms with van der Waals surface area (Å²) in [5.74, 6) is -0.114. The summed E-state index contributed by atoms with van der Waals surface area (Å²) in [6.45, 7) is 3.93. The molecule has 3 aliphatic rings. The third-order valence-corrected chi connectivity index (χ3v) is 9.06. The number of aromatic nitrogens is 3. The van der Waals surface area contributed by atoms with E-state index in [4.69, 9.17) is 0 Å². The minimum atomic E-state index is -0.633. The number of amides is 1. The predicted octanol–water partition coefficient (Wildman–Crippen LogP) is 3.73. The lowest BCUT2D eigenvalue weighted by atomic mass is 9.84. The molecule has 40 heavy (non-hydrogen) atoms. The highest BCUT2D eigenvalue weighted by molar-refractivity contribution is 5.94. The minimum Gasteiger partial charge on any atom is -0.339 e. The number of hydrogen-bond donors (Lipinski definition) is 1. The van der Waals surface area contributed by atoms with Crippen LogP contribution >= 0.6 is 0 Å². The van der Waals surface area contributed by atoms with Crippen molar-refractivity contribution >= 4 is 22.4 Å². The molecule has 2 saturated heterocycles. The zero-order valence-electron chi connectivity index (χ0n) is 22.8. The van der Waals surface area contributed by atoms with Crippen LogP contribution in [0, 0.1) is 5.82 Å². The number of likely N-dealkylation sites (tertiary alicyclic amines) is 1. The van der Waals surface area contributed by atoms with E-state index < -0.39 is 5.54 Å². The molecule has 9 heteroatoms. The van der Waals surface area contributed by atoms with Crippen molar-refractivity contribution in [3.63, 3.8) is 0 Å². The van der Waals surface area contributed by atoms with E-state index in [0.29, 0.717) is 32.3 Å². The molecule has 3 aromatic carbocycles. The Morgan fingerprint density at radius 1 is 1.02 bits per heavy atom. The number of anilines is 1. The van der Waals surface area contributed by atoms with Gasteiger partial charge in [-0.15, -0.1) is 5.10 Å². The molecule has 1 amide bonds. The van der Waals surface area contributed by atoms with E-state index in [1.807, 2.05) is 18.1 Å². The standard InChI is InChI=1S/C31H34FN7O/c1-33-19-25-20-38(35-34-25)17-16-37-21-39(26-10-8-24(32)9-11-26)31(30(37)40)12-14-36(15-13-31)28-18-23-6-2-4-22-5-3-7-27(28)29(22)23/h2-11,20,28,33H,12-19,21H2,1H3/t28-/m1/s1. The van der Waals surface area contributed by atoms with Gasteiger partial charge in [-0.2, -0.15) is 0 Å². The van der Waals surface area contributed by atoms with Crippen LogP contribution in [0.3, 0.4) is 0 Å². The molecule has 0 bridgehead atoms. The largest absolute Gasteiger partial charge is 0.339 e. The van der Waals surface area contributed by atoms with Gasteiger partial charge in [-0.05, 0) is 72.5 Å². The molecule has 1 atom stereocenters. The highest BCUT2D eigenvalue weighted by Gasteiger charge is 2.54. The van der Waals surface area contributed by atoms with Crippen LogP contribution in [0.4, 0.5) is 10.1 Å². The maximum absolute atomic E-state index is 14.2. The summed E-state index contributed by atoms with van der Waals surface area (Å²) in [6, 6.07) is 20.2. The van der Waals surface area contributed by atoms with Gasteiger partial charge in [0.1, 0.15) is 11.4 Å². The highest BCUT2D eigenvalue weighted by Crippen LogP contribution is 2.45. The van der Waals surface area contributed by atoms with Crippen molar-refractivity contribution in [2.24, 2.45) is 0 Å². The van der Waals surface area contributed by atoms with Crippen molar-refractivity contribution in [2.45, 2.75) is 43.9 Å². The van der Waals surface area contributed by atoms with Crippen molar-refractivity contribution in [3.8, 4) is 0 Å². The van der Waals surface area contributed by atoms with E-state index in [1.165, 1.54) is 34.0 Å². The third kappa shape index (κ3) is 4.15. The number of nitrogens with one attached hydrogen (secondary N) is 1. The van der Waals surface area contributed by atoms with Crippen LogP contribution in [-0.4, -0.2) is 69.6 Å². The van der Waals surface area contributed by atoms with E-state index in [1.54, 1.807) is 16.8 Å². The Hall–Kier alpha value is -3.82. The van der Waals surface area contributed by atoms with Gasteiger partial charge < -0.3 is 15.1 Å². The second-order valence-electron chi connectivity index (χ2n) is 11.3. The predicted molar refractivity (Wildman–Crippen MR) is 152 cm³/mol. The topological polar surface area (TPSA) is 69.5 Å². The second-order valence-corrected chi connectivity index (χ2v) is 11.3. The van der Waals surface area contributed by atoms with Crippen LogP contribution in [0.1, 0.15) is 35.7 Å². The lowest BCUT2D eigenvalue weighted by Gasteiger charge is -2.45. The molecule has 3 heterocycles. The Bertz CT molecular complexity index is 1540. The Kier molecular flexibility index (Phi) is 6.28. The highest BCUT2D eigenvalue weighted by atomic mass is 19.1. The third-order valence-electron chi connectivity index (χ3n) is 9.06. The fourth-order valence-corrected chi connectivity index (χ4v) is 7.07. The minimum absolute atomic E-state index is 0.156. The summed E-state index contributed by atoms with van der Waals surface area (Å²) in [4.78, 5) is 20.9. The number of rotatable bonds is 7. The summed E-state index contributed by atoms with van der Waals surface area (Å²) < 4.78 is 15.6. The molecule has 1 spiro atoms. The van der Waals surface area contributed by atoms with Gasteiger partial charge in [0, 0.05) is 44.1 Å². The van der Waals surface area contributed by atoms with Gasteiger partial charge in [0.15, 0.2) is 0 Å².